The third kappa shape index (κ3) is 4.92. The van der Waals surface area contributed by atoms with E-state index in [0.29, 0.717) is 5.69 Å². The summed E-state index contributed by atoms with van der Waals surface area (Å²) in [5.74, 6) is -2.67. The molecule has 0 fully saturated rings. The predicted molar refractivity (Wildman–Crippen MR) is 122 cm³/mol. The molecular formula is C24H24N4O4. The van der Waals surface area contributed by atoms with Crippen LogP contribution in [0.1, 0.15) is 38.4 Å². The molecule has 3 N–H and O–H groups in total. The molecule has 0 saturated carbocycles. The first kappa shape index (κ1) is 22.5. The lowest BCUT2D eigenvalue weighted by Gasteiger charge is -2.09. The molecule has 32 heavy (non-hydrogen) atoms. The molecule has 2 aromatic carbocycles. The number of carbonyl (C=O) groups excluding carboxylic acids is 2. The van der Waals surface area contributed by atoms with Crippen molar-refractivity contribution < 1.29 is 19.5 Å². The molecule has 0 bridgehead atoms. The maximum atomic E-state index is 12.1. The van der Waals surface area contributed by atoms with E-state index in [2.05, 4.69) is 15.8 Å². The average Bonchev–Trinajstić information content (AvgIpc) is 3.03. The van der Waals surface area contributed by atoms with Crippen LogP contribution in [-0.4, -0.2) is 33.7 Å². The van der Waals surface area contributed by atoms with Crippen LogP contribution in [0.25, 0.3) is 5.69 Å². The Labute approximate surface area is 185 Å². The van der Waals surface area contributed by atoms with Crippen molar-refractivity contribution in [2.24, 2.45) is 5.10 Å². The number of anilines is 1. The van der Waals surface area contributed by atoms with E-state index in [0.717, 1.165) is 33.8 Å². The fourth-order valence-corrected chi connectivity index (χ4v) is 3.29. The van der Waals surface area contributed by atoms with Gasteiger partial charge < -0.3 is 15.0 Å². The highest BCUT2D eigenvalue weighted by atomic mass is 16.4. The number of carboxylic acids is 1. The first-order valence-electron chi connectivity index (χ1n) is 9.91. The maximum absolute atomic E-state index is 12.1. The molecule has 1 heterocycles. The van der Waals surface area contributed by atoms with E-state index in [1.165, 1.54) is 6.21 Å². The van der Waals surface area contributed by atoms with Crippen molar-refractivity contribution in [3.63, 3.8) is 0 Å². The van der Waals surface area contributed by atoms with Crippen molar-refractivity contribution >= 4 is 29.7 Å². The van der Waals surface area contributed by atoms with Gasteiger partial charge in [-0.3, -0.25) is 9.59 Å². The number of hydrogen-bond donors (Lipinski definition) is 3. The fraction of sp³-hybridized carbons (Fsp3) is 0.167. The zero-order valence-electron chi connectivity index (χ0n) is 18.3. The monoisotopic (exact) mass is 432 g/mol. The number of aryl methyl sites for hydroxylation is 3. The predicted octanol–water partition coefficient (Wildman–Crippen LogP) is 3.50. The minimum absolute atomic E-state index is 0.208. The molecule has 1 aromatic heterocycles. The van der Waals surface area contributed by atoms with Gasteiger partial charge in [-0.15, -0.1) is 0 Å². The Morgan fingerprint density at radius 1 is 0.906 bits per heavy atom. The number of carbonyl (C=O) groups is 3. The van der Waals surface area contributed by atoms with Gasteiger partial charge in [0.1, 0.15) is 0 Å². The van der Waals surface area contributed by atoms with Gasteiger partial charge in [0.25, 0.3) is 0 Å². The van der Waals surface area contributed by atoms with Crippen LogP contribution in [0.3, 0.4) is 0 Å². The molecule has 0 radical (unpaired) electrons. The molecule has 0 saturated heterocycles. The quantitative estimate of drug-likeness (QED) is 0.325. The number of hydrogen-bond acceptors (Lipinski definition) is 4. The number of rotatable bonds is 5. The Kier molecular flexibility index (Phi) is 6.53. The van der Waals surface area contributed by atoms with Crippen LogP contribution >= 0.6 is 0 Å². The Hall–Kier alpha value is -4.20. The summed E-state index contributed by atoms with van der Waals surface area (Å²) in [5, 5.41) is 15.5. The van der Waals surface area contributed by atoms with Crippen LogP contribution in [-0.2, 0) is 9.59 Å². The molecule has 3 aromatic rings. The summed E-state index contributed by atoms with van der Waals surface area (Å²) in [6, 6.07) is 13.8. The number of carboxylic acid groups (broad SMARTS) is 1. The topological polar surface area (TPSA) is 113 Å². The number of nitrogens with one attached hydrogen (secondary N) is 2. The Morgan fingerprint density at radius 3 is 2.22 bits per heavy atom. The standard InChI is InChI=1S/C24H24N4O4/c1-14-5-8-20(11-15(14)2)26-22(29)23(30)27-25-13-19-12-16(3)28(17(19)4)21-9-6-18(7-10-21)24(31)32/h5-13H,1-4H3,(H,26,29)(H,27,30)(H,31,32)/b25-13+. The first-order chi connectivity index (χ1) is 15.2. The number of aromatic carboxylic acids is 1. The van der Waals surface area contributed by atoms with E-state index in [4.69, 9.17) is 5.11 Å². The van der Waals surface area contributed by atoms with E-state index in [9.17, 15) is 14.4 Å². The normalized spacial score (nSPS) is 10.9. The van der Waals surface area contributed by atoms with Gasteiger partial charge in [0.15, 0.2) is 0 Å². The lowest BCUT2D eigenvalue weighted by atomic mass is 10.1. The van der Waals surface area contributed by atoms with Crippen molar-refractivity contribution in [3.05, 3.63) is 82.2 Å². The highest BCUT2D eigenvalue weighted by Gasteiger charge is 2.14. The summed E-state index contributed by atoms with van der Waals surface area (Å²) >= 11 is 0. The molecular weight excluding hydrogens is 408 g/mol. The summed E-state index contributed by atoms with van der Waals surface area (Å²) in [5.41, 5.74) is 8.40. The highest BCUT2D eigenvalue weighted by Crippen LogP contribution is 2.20. The number of aromatic nitrogens is 1. The SMILES string of the molecule is Cc1ccc(NC(=O)C(=O)N/N=C/c2cc(C)n(-c3ccc(C(=O)O)cc3)c2C)cc1C. The summed E-state index contributed by atoms with van der Waals surface area (Å²) in [6.45, 7) is 7.68. The van der Waals surface area contributed by atoms with Crippen LogP contribution in [0.4, 0.5) is 5.69 Å². The van der Waals surface area contributed by atoms with E-state index >= 15 is 0 Å². The van der Waals surface area contributed by atoms with E-state index < -0.39 is 17.8 Å². The minimum Gasteiger partial charge on any atom is -0.478 e. The zero-order chi connectivity index (χ0) is 23.4. The van der Waals surface area contributed by atoms with Crippen LogP contribution in [0.5, 0.6) is 0 Å². The largest absolute Gasteiger partial charge is 0.478 e. The van der Waals surface area contributed by atoms with Gasteiger partial charge in [-0.2, -0.15) is 5.10 Å². The van der Waals surface area contributed by atoms with Crippen LogP contribution in [0.15, 0.2) is 53.6 Å². The number of benzene rings is 2. The summed E-state index contributed by atoms with van der Waals surface area (Å²) < 4.78 is 1.95. The van der Waals surface area contributed by atoms with Crippen LogP contribution in [0, 0.1) is 27.7 Å². The van der Waals surface area contributed by atoms with E-state index in [1.807, 2.05) is 44.4 Å². The molecule has 164 valence electrons. The van der Waals surface area contributed by atoms with E-state index in [-0.39, 0.29) is 5.56 Å². The zero-order valence-corrected chi connectivity index (χ0v) is 18.3. The van der Waals surface area contributed by atoms with Gasteiger partial charge in [-0.1, -0.05) is 6.07 Å². The number of amides is 2. The van der Waals surface area contributed by atoms with Crippen molar-refractivity contribution in [1.29, 1.82) is 0 Å². The molecule has 0 atom stereocenters. The summed E-state index contributed by atoms with van der Waals surface area (Å²) in [6.07, 6.45) is 1.46. The molecule has 2 amide bonds. The van der Waals surface area contributed by atoms with Crippen molar-refractivity contribution in [2.75, 3.05) is 5.32 Å². The average molecular weight is 432 g/mol. The van der Waals surface area contributed by atoms with Gasteiger partial charge in [-0.05, 0) is 81.3 Å². The van der Waals surface area contributed by atoms with Crippen LogP contribution < -0.4 is 10.7 Å². The molecule has 0 aliphatic rings. The lowest BCUT2D eigenvalue weighted by Crippen LogP contribution is -2.32. The summed E-state index contributed by atoms with van der Waals surface area (Å²) in [4.78, 5) is 35.2. The second-order valence-corrected chi connectivity index (χ2v) is 7.47. The second-order valence-electron chi connectivity index (χ2n) is 7.47. The fourth-order valence-electron chi connectivity index (χ4n) is 3.29. The number of nitrogens with zero attached hydrogens (tertiary/aromatic N) is 2. The molecule has 0 aliphatic carbocycles. The van der Waals surface area contributed by atoms with Crippen LogP contribution in [0.2, 0.25) is 0 Å². The molecule has 0 spiro atoms. The van der Waals surface area contributed by atoms with Gasteiger partial charge in [0.05, 0.1) is 11.8 Å². The van der Waals surface area contributed by atoms with Gasteiger partial charge in [0.2, 0.25) is 0 Å². The molecule has 3 rings (SSSR count). The lowest BCUT2D eigenvalue weighted by molar-refractivity contribution is -0.136. The number of hydrazone groups is 1. The van der Waals surface area contributed by atoms with Gasteiger partial charge in [0, 0.05) is 28.3 Å². The second kappa shape index (κ2) is 9.30. The maximum Gasteiger partial charge on any atom is 0.335 e. The molecule has 8 nitrogen and oxygen atoms in total. The molecule has 0 aliphatic heterocycles. The van der Waals surface area contributed by atoms with Gasteiger partial charge >= 0.3 is 17.8 Å². The highest BCUT2D eigenvalue weighted by molar-refractivity contribution is 6.39. The van der Waals surface area contributed by atoms with Gasteiger partial charge in [-0.25, -0.2) is 10.2 Å². The minimum atomic E-state index is -0.984. The van der Waals surface area contributed by atoms with E-state index in [1.54, 1.807) is 36.4 Å². The van der Waals surface area contributed by atoms with Crippen molar-refractivity contribution in [3.8, 4) is 5.69 Å². The Bertz CT molecular complexity index is 1220. The smallest absolute Gasteiger partial charge is 0.335 e. The molecule has 0 unspecified atom stereocenters. The first-order valence-corrected chi connectivity index (χ1v) is 9.91. The molecule has 8 heteroatoms. The third-order valence-electron chi connectivity index (χ3n) is 5.18. The van der Waals surface area contributed by atoms with Crippen molar-refractivity contribution in [1.82, 2.24) is 9.99 Å². The Morgan fingerprint density at radius 2 is 1.59 bits per heavy atom. The van der Waals surface area contributed by atoms with Crippen molar-refractivity contribution in [2.45, 2.75) is 27.7 Å². The summed E-state index contributed by atoms with van der Waals surface area (Å²) in [7, 11) is 0. The Balaban J connectivity index is 1.68. The third-order valence-corrected chi connectivity index (χ3v) is 5.18.